The number of hydrogen-bond acceptors (Lipinski definition) is 7. The molecule has 0 saturated carbocycles. The molecule has 3 aromatic rings. The first-order chi connectivity index (χ1) is 11.6. The number of aromatic nitrogens is 3. The van der Waals surface area contributed by atoms with E-state index in [4.69, 9.17) is 11.6 Å². The normalized spacial score (nSPS) is 10.8. The van der Waals surface area contributed by atoms with E-state index in [0.29, 0.717) is 22.3 Å². The van der Waals surface area contributed by atoms with E-state index in [1.165, 1.54) is 34.4 Å². The second-order valence-electron chi connectivity index (χ2n) is 4.78. The average molecular weight is 397 g/mol. The lowest BCUT2D eigenvalue weighted by Gasteiger charge is -2.00. The van der Waals surface area contributed by atoms with Gasteiger partial charge in [0.15, 0.2) is 9.47 Å². The Morgan fingerprint density at radius 1 is 1.29 bits per heavy atom. The SMILES string of the molecule is Cc1nnc(SCCC(=O)Nc2nc(-c3ccc(Cl)cc3)cs2)s1. The van der Waals surface area contributed by atoms with Crippen LogP contribution in [0.2, 0.25) is 5.02 Å². The number of nitrogens with zero attached hydrogens (tertiary/aromatic N) is 3. The van der Waals surface area contributed by atoms with Gasteiger partial charge in [-0.25, -0.2) is 4.98 Å². The number of anilines is 1. The Balaban J connectivity index is 1.50. The molecule has 1 amide bonds. The van der Waals surface area contributed by atoms with Crippen LogP contribution in [0, 0.1) is 6.92 Å². The van der Waals surface area contributed by atoms with E-state index in [9.17, 15) is 4.79 Å². The predicted octanol–water partition coefficient (Wildman–Crippen LogP) is 4.74. The summed E-state index contributed by atoms with van der Waals surface area (Å²) in [5, 5.41) is 14.9. The fraction of sp³-hybridized carbons (Fsp3) is 0.200. The Morgan fingerprint density at radius 3 is 2.79 bits per heavy atom. The number of thioether (sulfide) groups is 1. The lowest BCUT2D eigenvalue weighted by Crippen LogP contribution is -2.11. The largest absolute Gasteiger partial charge is 0.302 e. The van der Waals surface area contributed by atoms with Gasteiger partial charge in [-0.2, -0.15) is 0 Å². The van der Waals surface area contributed by atoms with E-state index in [-0.39, 0.29) is 5.91 Å². The van der Waals surface area contributed by atoms with Crippen LogP contribution in [0.1, 0.15) is 11.4 Å². The summed E-state index contributed by atoms with van der Waals surface area (Å²) in [4.78, 5) is 16.4. The minimum atomic E-state index is -0.0549. The van der Waals surface area contributed by atoms with Gasteiger partial charge < -0.3 is 5.32 Å². The number of benzene rings is 1. The maximum Gasteiger partial charge on any atom is 0.226 e. The zero-order valence-electron chi connectivity index (χ0n) is 12.7. The first-order valence-corrected chi connectivity index (χ1v) is 10.1. The van der Waals surface area contributed by atoms with E-state index >= 15 is 0 Å². The van der Waals surface area contributed by atoms with Crippen LogP contribution in [0.5, 0.6) is 0 Å². The van der Waals surface area contributed by atoms with Crippen LogP contribution in [-0.4, -0.2) is 26.8 Å². The van der Waals surface area contributed by atoms with Crippen molar-refractivity contribution < 1.29 is 4.79 Å². The fourth-order valence-corrected chi connectivity index (χ4v) is 4.52. The molecule has 0 fully saturated rings. The average Bonchev–Trinajstić information content (AvgIpc) is 3.17. The van der Waals surface area contributed by atoms with Crippen LogP contribution < -0.4 is 5.32 Å². The van der Waals surface area contributed by atoms with E-state index in [0.717, 1.165) is 20.6 Å². The van der Waals surface area contributed by atoms with E-state index in [1.54, 1.807) is 0 Å². The number of hydrogen-bond donors (Lipinski definition) is 1. The summed E-state index contributed by atoms with van der Waals surface area (Å²) in [6, 6.07) is 7.45. The number of aryl methyl sites for hydroxylation is 1. The third-order valence-corrected chi connectivity index (χ3v) is 5.94. The molecule has 0 saturated heterocycles. The van der Waals surface area contributed by atoms with Crippen LogP contribution in [0.4, 0.5) is 5.13 Å². The molecule has 0 aliphatic carbocycles. The van der Waals surface area contributed by atoms with Gasteiger partial charge in [-0.05, 0) is 19.1 Å². The summed E-state index contributed by atoms with van der Waals surface area (Å²) in [6.45, 7) is 1.91. The summed E-state index contributed by atoms with van der Waals surface area (Å²) in [6.07, 6.45) is 0.402. The molecule has 0 aliphatic rings. The van der Waals surface area contributed by atoms with Gasteiger partial charge in [0.05, 0.1) is 5.69 Å². The van der Waals surface area contributed by atoms with E-state index in [1.807, 2.05) is 36.6 Å². The molecule has 3 rings (SSSR count). The van der Waals surface area contributed by atoms with E-state index in [2.05, 4.69) is 20.5 Å². The summed E-state index contributed by atoms with van der Waals surface area (Å²) < 4.78 is 0.888. The van der Waals surface area contributed by atoms with Crippen molar-refractivity contribution in [3.05, 3.63) is 39.7 Å². The zero-order chi connectivity index (χ0) is 16.9. The van der Waals surface area contributed by atoms with Crippen LogP contribution in [0.3, 0.4) is 0 Å². The fourth-order valence-electron chi connectivity index (χ4n) is 1.83. The lowest BCUT2D eigenvalue weighted by atomic mass is 10.2. The molecule has 1 aromatic carbocycles. The van der Waals surface area contributed by atoms with Gasteiger partial charge >= 0.3 is 0 Å². The highest BCUT2D eigenvalue weighted by Crippen LogP contribution is 2.26. The van der Waals surface area contributed by atoms with Crippen molar-refractivity contribution in [2.75, 3.05) is 11.1 Å². The second-order valence-corrected chi connectivity index (χ2v) is 8.60. The number of halogens is 1. The highest BCUT2D eigenvalue weighted by Gasteiger charge is 2.09. The smallest absolute Gasteiger partial charge is 0.226 e. The van der Waals surface area contributed by atoms with Gasteiger partial charge in [0.1, 0.15) is 5.01 Å². The Hall–Kier alpha value is -1.48. The second kappa shape index (κ2) is 8.06. The topological polar surface area (TPSA) is 67.8 Å². The summed E-state index contributed by atoms with van der Waals surface area (Å²) in [7, 11) is 0. The Kier molecular flexibility index (Phi) is 5.83. The number of amides is 1. The third kappa shape index (κ3) is 4.76. The van der Waals surface area contributed by atoms with Crippen LogP contribution in [0.25, 0.3) is 11.3 Å². The molecule has 5 nitrogen and oxygen atoms in total. The number of thiazole rings is 1. The number of nitrogens with one attached hydrogen (secondary N) is 1. The standard InChI is InChI=1S/C15H13ClN4OS3/c1-9-19-20-15(24-9)22-7-6-13(21)18-14-17-12(8-23-14)10-2-4-11(16)5-3-10/h2-5,8H,6-7H2,1H3,(H,17,18,21). The maximum atomic E-state index is 12.0. The highest BCUT2D eigenvalue weighted by molar-refractivity contribution is 8.01. The van der Waals surface area contributed by atoms with Crippen molar-refractivity contribution in [1.82, 2.24) is 15.2 Å². The molecule has 0 atom stereocenters. The lowest BCUT2D eigenvalue weighted by molar-refractivity contribution is -0.115. The van der Waals surface area contributed by atoms with Crippen molar-refractivity contribution in [1.29, 1.82) is 0 Å². The van der Waals surface area contributed by atoms with Gasteiger partial charge in [0.25, 0.3) is 0 Å². The summed E-state index contributed by atoms with van der Waals surface area (Å²) in [5.41, 5.74) is 1.80. The Labute approximate surface area is 156 Å². The third-order valence-electron chi connectivity index (χ3n) is 2.95. The van der Waals surface area contributed by atoms with Gasteiger partial charge in [-0.15, -0.1) is 21.5 Å². The van der Waals surface area contributed by atoms with Crippen molar-refractivity contribution >= 4 is 57.1 Å². The minimum absolute atomic E-state index is 0.0549. The zero-order valence-corrected chi connectivity index (χ0v) is 15.9. The molecule has 2 aromatic heterocycles. The van der Waals surface area contributed by atoms with Gasteiger partial charge in [0, 0.05) is 28.1 Å². The molecule has 0 bridgehead atoms. The molecule has 24 heavy (non-hydrogen) atoms. The number of carbonyl (C=O) groups is 1. The molecule has 2 heterocycles. The first-order valence-electron chi connectivity index (χ1n) is 7.04. The molecule has 0 radical (unpaired) electrons. The molecular formula is C15H13ClN4OS3. The Morgan fingerprint density at radius 2 is 2.08 bits per heavy atom. The molecule has 9 heteroatoms. The van der Waals surface area contributed by atoms with Crippen molar-refractivity contribution in [3.8, 4) is 11.3 Å². The van der Waals surface area contributed by atoms with Crippen molar-refractivity contribution in [3.63, 3.8) is 0 Å². The van der Waals surface area contributed by atoms with Gasteiger partial charge in [-0.3, -0.25) is 4.79 Å². The van der Waals surface area contributed by atoms with Crippen LogP contribution in [-0.2, 0) is 4.79 Å². The first kappa shape index (κ1) is 17.3. The molecular weight excluding hydrogens is 384 g/mol. The van der Waals surface area contributed by atoms with E-state index < -0.39 is 0 Å². The molecule has 0 spiro atoms. The minimum Gasteiger partial charge on any atom is -0.302 e. The Bertz CT molecular complexity index is 831. The van der Waals surface area contributed by atoms with Gasteiger partial charge in [0.2, 0.25) is 5.91 Å². The molecule has 124 valence electrons. The van der Waals surface area contributed by atoms with Gasteiger partial charge in [-0.1, -0.05) is 46.8 Å². The highest BCUT2D eigenvalue weighted by atomic mass is 35.5. The monoisotopic (exact) mass is 396 g/mol. The molecule has 0 aliphatic heterocycles. The van der Waals surface area contributed by atoms with Crippen LogP contribution in [0.15, 0.2) is 34.0 Å². The predicted molar refractivity (Wildman–Crippen MR) is 101 cm³/mol. The molecule has 0 unspecified atom stereocenters. The quantitative estimate of drug-likeness (QED) is 0.609. The summed E-state index contributed by atoms with van der Waals surface area (Å²) in [5.74, 6) is 0.608. The maximum absolute atomic E-state index is 12.0. The number of carbonyl (C=O) groups excluding carboxylic acids is 1. The molecule has 1 N–H and O–H groups in total. The summed E-state index contributed by atoms with van der Waals surface area (Å²) >= 11 is 10.4. The van der Waals surface area contributed by atoms with Crippen molar-refractivity contribution in [2.24, 2.45) is 0 Å². The van der Waals surface area contributed by atoms with Crippen LogP contribution >= 0.6 is 46.0 Å². The van der Waals surface area contributed by atoms with Crippen molar-refractivity contribution in [2.45, 2.75) is 17.7 Å². The number of rotatable bonds is 6.